The molecular formula is C16H19ClN4O3S. The molecule has 7 nitrogen and oxygen atoms in total. The Bertz CT molecular complexity index is 921. The van der Waals surface area contributed by atoms with Gasteiger partial charge in [-0.25, -0.2) is 9.78 Å². The minimum atomic E-state index is -0.694. The number of nitrogens with two attached hydrogens (primary N) is 1. The molecule has 2 aromatic heterocycles. The highest BCUT2D eigenvalue weighted by molar-refractivity contribution is 8.00. The van der Waals surface area contributed by atoms with Crippen LogP contribution in [0.2, 0.25) is 5.02 Å². The van der Waals surface area contributed by atoms with Crippen LogP contribution in [0.15, 0.2) is 32.9 Å². The van der Waals surface area contributed by atoms with Crippen molar-refractivity contribution in [3.05, 3.63) is 49.8 Å². The van der Waals surface area contributed by atoms with Crippen LogP contribution in [-0.2, 0) is 13.6 Å². The first kappa shape index (κ1) is 19.3. The summed E-state index contributed by atoms with van der Waals surface area (Å²) < 4.78 is 2.17. The van der Waals surface area contributed by atoms with Crippen molar-refractivity contribution in [3.8, 4) is 0 Å². The summed E-state index contributed by atoms with van der Waals surface area (Å²) in [5.74, 6) is -0.500. The molecule has 0 unspecified atom stereocenters. The van der Waals surface area contributed by atoms with E-state index >= 15 is 0 Å². The first-order chi connectivity index (χ1) is 11.7. The fourth-order valence-electron chi connectivity index (χ4n) is 2.27. The Morgan fingerprint density at radius 3 is 2.68 bits per heavy atom. The normalized spacial score (nSPS) is 11.1. The molecule has 0 spiro atoms. The van der Waals surface area contributed by atoms with E-state index in [9.17, 15) is 14.4 Å². The van der Waals surface area contributed by atoms with Gasteiger partial charge in [0.25, 0.3) is 5.56 Å². The van der Waals surface area contributed by atoms with E-state index < -0.39 is 17.0 Å². The van der Waals surface area contributed by atoms with Gasteiger partial charge in [-0.15, -0.1) is 0 Å². The largest absolute Gasteiger partial charge is 0.384 e. The number of nitrogen functional groups attached to an aromatic ring is 1. The van der Waals surface area contributed by atoms with Gasteiger partial charge in [-0.2, -0.15) is 0 Å². The highest BCUT2D eigenvalue weighted by atomic mass is 35.5. The predicted molar refractivity (Wildman–Crippen MR) is 99.5 cm³/mol. The molecule has 0 amide bonds. The molecule has 2 rings (SSSR count). The summed E-state index contributed by atoms with van der Waals surface area (Å²) in [6, 6.07) is 3.35. The molecule has 0 aliphatic heterocycles. The maximum Gasteiger partial charge on any atom is 0.332 e. The number of aromatic nitrogens is 3. The average molecular weight is 383 g/mol. The van der Waals surface area contributed by atoms with Gasteiger partial charge in [0, 0.05) is 19.8 Å². The predicted octanol–water partition coefficient (Wildman–Crippen LogP) is 1.81. The van der Waals surface area contributed by atoms with Crippen molar-refractivity contribution in [3.63, 3.8) is 0 Å². The van der Waals surface area contributed by atoms with Crippen molar-refractivity contribution < 1.29 is 4.79 Å². The second kappa shape index (κ2) is 7.88. The lowest BCUT2D eigenvalue weighted by molar-refractivity contribution is 0.102. The third-order valence-electron chi connectivity index (χ3n) is 3.47. The van der Waals surface area contributed by atoms with E-state index in [1.54, 1.807) is 18.3 Å². The number of ketones is 1. The van der Waals surface area contributed by atoms with E-state index in [4.69, 9.17) is 17.3 Å². The fraction of sp³-hybridized carbons (Fsp3) is 0.375. The number of hydrogen-bond acceptors (Lipinski definition) is 6. The molecule has 0 atom stereocenters. The smallest absolute Gasteiger partial charge is 0.332 e. The second-order valence-electron chi connectivity index (χ2n) is 5.91. The first-order valence-corrected chi connectivity index (χ1v) is 8.96. The third-order valence-corrected chi connectivity index (χ3v) is 4.90. The van der Waals surface area contributed by atoms with Gasteiger partial charge in [0.15, 0.2) is 5.78 Å². The molecule has 0 saturated carbocycles. The number of hydrogen-bond donors (Lipinski definition) is 1. The number of Topliss-reactive ketones (excluding diaryl/α,β-unsaturated/α-hetero) is 1. The van der Waals surface area contributed by atoms with Crippen LogP contribution in [0.1, 0.15) is 24.2 Å². The molecule has 2 aromatic rings. The summed E-state index contributed by atoms with van der Waals surface area (Å²) in [5.41, 5.74) is 4.57. The van der Waals surface area contributed by atoms with Gasteiger partial charge in [-0.05, 0) is 18.1 Å². The zero-order valence-corrected chi connectivity index (χ0v) is 15.7. The number of halogens is 1. The van der Waals surface area contributed by atoms with E-state index in [2.05, 4.69) is 4.98 Å². The number of carbonyl (C=O) groups excluding carboxylic acids is 1. The van der Waals surface area contributed by atoms with E-state index in [1.807, 2.05) is 13.8 Å². The Kier molecular flexibility index (Phi) is 6.07. The molecule has 0 fully saturated rings. The fourth-order valence-corrected chi connectivity index (χ4v) is 3.31. The Balaban J connectivity index is 2.39. The Hall–Kier alpha value is -2.06. The van der Waals surface area contributed by atoms with Crippen LogP contribution < -0.4 is 17.0 Å². The zero-order valence-electron chi connectivity index (χ0n) is 14.2. The minimum absolute atomic E-state index is 0.0595. The van der Waals surface area contributed by atoms with Crippen LogP contribution in [0.4, 0.5) is 5.82 Å². The minimum Gasteiger partial charge on any atom is -0.384 e. The summed E-state index contributed by atoms with van der Waals surface area (Å²) >= 11 is 7.13. The SMILES string of the molecule is CC(C)Cn1c(N)c(C(=O)CSc2ncccc2Cl)c(=O)n(C)c1=O. The Labute approximate surface area is 153 Å². The van der Waals surface area contributed by atoms with Gasteiger partial charge in [-0.3, -0.25) is 18.7 Å². The topological polar surface area (TPSA) is 100.0 Å². The summed E-state index contributed by atoms with van der Waals surface area (Å²) in [6.07, 6.45) is 1.56. The molecule has 0 bridgehead atoms. The lowest BCUT2D eigenvalue weighted by Gasteiger charge is -2.16. The van der Waals surface area contributed by atoms with E-state index in [-0.39, 0.29) is 23.1 Å². The molecule has 25 heavy (non-hydrogen) atoms. The second-order valence-corrected chi connectivity index (χ2v) is 7.28. The number of nitrogens with zero attached hydrogens (tertiary/aromatic N) is 3. The van der Waals surface area contributed by atoms with Crippen LogP contribution in [0.3, 0.4) is 0 Å². The third kappa shape index (κ3) is 4.13. The van der Waals surface area contributed by atoms with Gasteiger partial charge < -0.3 is 5.73 Å². The van der Waals surface area contributed by atoms with Crippen molar-refractivity contribution in [2.45, 2.75) is 25.4 Å². The van der Waals surface area contributed by atoms with Crippen molar-refractivity contribution in [2.24, 2.45) is 13.0 Å². The van der Waals surface area contributed by atoms with Gasteiger partial charge in [0.05, 0.1) is 10.8 Å². The molecule has 2 heterocycles. The average Bonchev–Trinajstić information content (AvgIpc) is 2.56. The highest BCUT2D eigenvalue weighted by Gasteiger charge is 2.22. The Morgan fingerprint density at radius 1 is 1.40 bits per heavy atom. The first-order valence-electron chi connectivity index (χ1n) is 7.59. The van der Waals surface area contributed by atoms with Crippen molar-refractivity contribution >= 4 is 35.0 Å². The number of carbonyl (C=O) groups is 1. The molecule has 0 aromatic carbocycles. The number of rotatable bonds is 6. The quantitative estimate of drug-likeness (QED) is 0.604. The summed E-state index contributed by atoms with van der Waals surface area (Å²) in [5, 5.41) is 0.911. The molecule has 0 radical (unpaired) electrons. The van der Waals surface area contributed by atoms with Crippen molar-refractivity contribution in [1.82, 2.24) is 14.1 Å². The summed E-state index contributed by atoms with van der Waals surface area (Å²) in [4.78, 5) is 41.3. The molecule has 9 heteroatoms. The van der Waals surface area contributed by atoms with Gasteiger partial charge in [0.1, 0.15) is 16.4 Å². The molecule has 2 N–H and O–H groups in total. The monoisotopic (exact) mass is 382 g/mol. The molecule has 0 saturated heterocycles. The number of pyridine rings is 1. The van der Waals surface area contributed by atoms with Crippen LogP contribution >= 0.6 is 23.4 Å². The van der Waals surface area contributed by atoms with Crippen LogP contribution in [0.25, 0.3) is 0 Å². The van der Waals surface area contributed by atoms with E-state index in [0.29, 0.717) is 16.6 Å². The van der Waals surface area contributed by atoms with E-state index in [1.165, 1.54) is 11.6 Å². The van der Waals surface area contributed by atoms with Gasteiger partial charge in [-0.1, -0.05) is 37.2 Å². The summed E-state index contributed by atoms with van der Waals surface area (Å²) in [6.45, 7) is 4.15. The number of anilines is 1. The lowest BCUT2D eigenvalue weighted by Crippen LogP contribution is -2.43. The highest BCUT2D eigenvalue weighted by Crippen LogP contribution is 2.25. The zero-order chi connectivity index (χ0) is 18.7. The number of thioether (sulfide) groups is 1. The maximum absolute atomic E-state index is 12.6. The maximum atomic E-state index is 12.6. The molecule has 134 valence electrons. The summed E-state index contributed by atoms with van der Waals surface area (Å²) in [7, 11) is 1.33. The van der Waals surface area contributed by atoms with Gasteiger partial charge in [0.2, 0.25) is 0 Å². The molecular weight excluding hydrogens is 364 g/mol. The van der Waals surface area contributed by atoms with Gasteiger partial charge >= 0.3 is 5.69 Å². The molecule has 0 aliphatic rings. The van der Waals surface area contributed by atoms with Crippen LogP contribution in [0.5, 0.6) is 0 Å². The Morgan fingerprint density at radius 2 is 2.08 bits per heavy atom. The van der Waals surface area contributed by atoms with Crippen LogP contribution in [0, 0.1) is 5.92 Å². The lowest BCUT2D eigenvalue weighted by atomic mass is 10.2. The molecule has 0 aliphatic carbocycles. The van der Waals surface area contributed by atoms with Crippen LogP contribution in [-0.4, -0.2) is 25.7 Å². The van der Waals surface area contributed by atoms with Crippen molar-refractivity contribution in [1.29, 1.82) is 0 Å². The van der Waals surface area contributed by atoms with E-state index in [0.717, 1.165) is 16.3 Å². The van der Waals surface area contributed by atoms with Crippen molar-refractivity contribution in [2.75, 3.05) is 11.5 Å². The standard InChI is InChI=1S/C16H19ClN4O3S/c1-9(2)7-21-13(18)12(15(23)20(3)16(21)24)11(22)8-25-14-10(17)5-4-6-19-14/h4-6,9H,7-8,18H2,1-3H3.